The van der Waals surface area contributed by atoms with Crippen LogP contribution in [0.5, 0.6) is 0 Å². The molecule has 2 heterocycles. The van der Waals surface area contributed by atoms with Crippen molar-refractivity contribution >= 4 is 5.91 Å². The average Bonchev–Trinajstić information content (AvgIpc) is 2.83. The number of nitrogens with zero attached hydrogens (tertiary/aromatic N) is 1. The van der Waals surface area contributed by atoms with Gasteiger partial charge in [0.05, 0.1) is 0 Å². The third-order valence-electron chi connectivity index (χ3n) is 3.76. The van der Waals surface area contributed by atoms with Gasteiger partial charge in [0.1, 0.15) is 0 Å². The molecule has 4 heteroatoms. The number of unbranched alkanes of at least 4 members (excludes halogenated alkanes) is 1. The second-order valence-corrected chi connectivity index (χ2v) is 4.89. The topological polar surface area (TPSA) is 52.6 Å². The zero-order valence-electron chi connectivity index (χ0n) is 9.82. The van der Waals surface area contributed by atoms with Crippen LogP contribution in [0.1, 0.15) is 38.5 Å². The molecule has 0 saturated carbocycles. The van der Waals surface area contributed by atoms with Gasteiger partial charge < -0.3 is 10.4 Å². The number of fused-ring (bicyclic) bond motifs is 1. The van der Waals surface area contributed by atoms with Crippen LogP contribution in [0.4, 0.5) is 0 Å². The van der Waals surface area contributed by atoms with Gasteiger partial charge in [0, 0.05) is 31.7 Å². The number of rotatable bonds is 5. The molecule has 0 spiro atoms. The molecule has 0 aromatic rings. The Bertz CT molecular complexity index is 245. The smallest absolute Gasteiger partial charge is 0.220 e. The molecular formula is C12H22N2O2. The first kappa shape index (κ1) is 11.9. The second kappa shape index (κ2) is 5.64. The molecule has 0 bridgehead atoms. The van der Waals surface area contributed by atoms with Gasteiger partial charge in [-0.2, -0.15) is 0 Å². The third kappa shape index (κ3) is 2.74. The van der Waals surface area contributed by atoms with E-state index in [1.165, 1.54) is 19.4 Å². The standard InChI is InChI=1S/C12H22N2O2/c15-9-2-1-5-12(16)13-10-6-8-14-7-3-4-11(10)14/h10-11,15H,1-9H2,(H,13,16). The first-order valence-electron chi connectivity index (χ1n) is 6.45. The fraction of sp³-hybridized carbons (Fsp3) is 0.917. The summed E-state index contributed by atoms with van der Waals surface area (Å²) >= 11 is 0. The van der Waals surface area contributed by atoms with E-state index in [1.807, 2.05) is 0 Å². The number of carbonyl (C=O) groups is 1. The van der Waals surface area contributed by atoms with Crippen LogP contribution in [0, 0.1) is 0 Å². The molecular weight excluding hydrogens is 204 g/mol. The van der Waals surface area contributed by atoms with Crippen molar-refractivity contribution in [2.45, 2.75) is 50.6 Å². The van der Waals surface area contributed by atoms with Crippen LogP contribution < -0.4 is 5.32 Å². The van der Waals surface area contributed by atoms with Crippen molar-refractivity contribution in [2.24, 2.45) is 0 Å². The highest BCUT2D eigenvalue weighted by atomic mass is 16.3. The van der Waals surface area contributed by atoms with Crippen LogP contribution in [0.15, 0.2) is 0 Å². The van der Waals surface area contributed by atoms with Gasteiger partial charge in [-0.05, 0) is 38.6 Å². The maximum absolute atomic E-state index is 11.7. The summed E-state index contributed by atoms with van der Waals surface area (Å²) in [6, 6.07) is 0.978. The van der Waals surface area contributed by atoms with Crippen molar-refractivity contribution in [3.05, 3.63) is 0 Å². The Morgan fingerprint density at radius 1 is 1.31 bits per heavy atom. The Morgan fingerprint density at radius 3 is 3.00 bits per heavy atom. The quantitative estimate of drug-likeness (QED) is 0.671. The first-order chi connectivity index (χ1) is 7.81. The maximum Gasteiger partial charge on any atom is 0.220 e. The van der Waals surface area contributed by atoms with Gasteiger partial charge in [-0.3, -0.25) is 9.69 Å². The van der Waals surface area contributed by atoms with Gasteiger partial charge in [0.15, 0.2) is 0 Å². The number of hydrogen-bond donors (Lipinski definition) is 2. The molecule has 2 N–H and O–H groups in total. The Morgan fingerprint density at radius 2 is 2.19 bits per heavy atom. The van der Waals surface area contributed by atoms with E-state index in [4.69, 9.17) is 5.11 Å². The number of hydrogen-bond acceptors (Lipinski definition) is 3. The van der Waals surface area contributed by atoms with Gasteiger partial charge in [-0.25, -0.2) is 0 Å². The number of aliphatic hydroxyl groups excluding tert-OH is 1. The predicted molar refractivity (Wildman–Crippen MR) is 62.1 cm³/mol. The molecule has 2 fully saturated rings. The minimum atomic E-state index is 0.159. The van der Waals surface area contributed by atoms with E-state index in [0.717, 1.165) is 25.8 Å². The van der Waals surface area contributed by atoms with E-state index >= 15 is 0 Å². The molecule has 0 radical (unpaired) electrons. The van der Waals surface area contributed by atoms with Crippen LogP contribution in [0.25, 0.3) is 0 Å². The molecule has 2 saturated heterocycles. The lowest BCUT2D eigenvalue weighted by molar-refractivity contribution is -0.122. The zero-order valence-corrected chi connectivity index (χ0v) is 9.82. The normalized spacial score (nSPS) is 29.3. The predicted octanol–water partition coefficient (Wildman–Crippen LogP) is 0.502. The van der Waals surface area contributed by atoms with Crippen molar-refractivity contribution in [1.82, 2.24) is 10.2 Å². The lowest BCUT2D eigenvalue weighted by Crippen LogP contribution is -2.42. The van der Waals surface area contributed by atoms with E-state index in [-0.39, 0.29) is 12.5 Å². The number of carbonyl (C=O) groups excluding carboxylic acids is 1. The number of amides is 1. The summed E-state index contributed by atoms with van der Waals surface area (Å²) in [6.45, 7) is 2.54. The maximum atomic E-state index is 11.7. The van der Waals surface area contributed by atoms with Gasteiger partial charge in [-0.15, -0.1) is 0 Å². The second-order valence-electron chi connectivity index (χ2n) is 4.89. The SMILES string of the molecule is O=C(CCCCO)NC1CCN2CCCC12. The molecule has 2 aliphatic heterocycles. The number of nitrogens with one attached hydrogen (secondary N) is 1. The van der Waals surface area contributed by atoms with E-state index in [0.29, 0.717) is 18.5 Å². The Balaban J connectivity index is 1.70. The minimum Gasteiger partial charge on any atom is -0.396 e. The van der Waals surface area contributed by atoms with Crippen LogP contribution in [-0.4, -0.2) is 47.7 Å². The minimum absolute atomic E-state index is 0.159. The third-order valence-corrected chi connectivity index (χ3v) is 3.76. The van der Waals surface area contributed by atoms with Gasteiger partial charge >= 0.3 is 0 Å². The van der Waals surface area contributed by atoms with Crippen molar-refractivity contribution in [3.8, 4) is 0 Å². The van der Waals surface area contributed by atoms with Crippen LogP contribution in [0.3, 0.4) is 0 Å². The van der Waals surface area contributed by atoms with Gasteiger partial charge in [0.2, 0.25) is 5.91 Å². The van der Waals surface area contributed by atoms with Gasteiger partial charge in [0.25, 0.3) is 0 Å². The summed E-state index contributed by atoms with van der Waals surface area (Å²) in [5.41, 5.74) is 0. The fourth-order valence-corrected chi connectivity index (χ4v) is 2.93. The Hall–Kier alpha value is -0.610. The summed E-state index contributed by atoms with van der Waals surface area (Å²) < 4.78 is 0. The van der Waals surface area contributed by atoms with E-state index < -0.39 is 0 Å². The van der Waals surface area contributed by atoms with E-state index in [1.54, 1.807) is 0 Å². The summed E-state index contributed by atoms with van der Waals surface area (Å²) in [6.07, 6.45) is 5.71. The summed E-state index contributed by atoms with van der Waals surface area (Å²) in [4.78, 5) is 14.1. The molecule has 2 aliphatic rings. The highest BCUT2D eigenvalue weighted by Gasteiger charge is 2.37. The molecule has 0 aliphatic carbocycles. The molecule has 92 valence electrons. The largest absolute Gasteiger partial charge is 0.396 e. The highest BCUT2D eigenvalue weighted by molar-refractivity contribution is 5.76. The van der Waals surface area contributed by atoms with Gasteiger partial charge in [-0.1, -0.05) is 0 Å². The molecule has 1 amide bonds. The van der Waals surface area contributed by atoms with Crippen LogP contribution in [-0.2, 0) is 4.79 Å². The Kier molecular flexibility index (Phi) is 4.18. The molecule has 0 aromatic heterocycles. The molecule has 4 nitrogen and oxygen atoms in total. The fourth-order valence-electron chi connectivity index (χ4n) is 2.93. The van der Waals surface area contributed by atoms with Crippen molar-refractivity contribution < 1.29 is 9.90 Å². The van der Waals surface area contributed by atoms with Crippen molar-refractivity contribution in [2.75, 3.05) is 19.7 Å². The lowest BCUT2D eigenvalue weighted by atomic mass is 10.1. The van der Waals surface area contributed by atoms with E-state index in [2.05, 4.69) is 10.2 Å². The summed E-state index contributed by atoms with van der Waals surface area (Å²) in [5, 5.41) is 11.8. The molecule has 16 heavy (non-hydrogen) atoms. The van der Waals surface area contributed by atoms with Crippen molar-refractivity contribution in [3.63, 3.8) is 0 Å². The molecule has 2 rings (SSSR count). The van der Waals surface area contributed by atoms with Crippen LogP contribution >= 0.6 is 0 Å². The highest BCUT2D eigenvalue weighted by Crippen LogP contribution is 2.27. The summed E-state index contributed by atoms with van der Waals surface area (Å²) in [7, 11) is 0. The number of aliphatic hydroxyl groups is 1. The zero-order chi connectivity index (χ0) is 11.4. The van der Waals surface area contributed by atoms with Crippen LogP contribution in [0.2, 0.25) is 0 Å². The molecule has 2 atom stereocenters. The lowest BCUT2D eigenvalue weighted by Gasteiger charge is -2.21. The average molecular weight is 226 g/mol. The summed E-state index contributed by atoms with van der Waals surface area (Å²) in [5.74, 6) is 0.159. The Labute approximate surface area is 97.0 Å². The van der Waals surface area contributed by atoms with Crippen molar-refractivity contribution in [1.29, 1.82) is 0 Å². The monoisotopic (exact) mass is 226 g/mol. The molecule has 0 aromatic carbocycles. The first-order valence-corrected chi connectivity index (χ1v) is 6.45. The van der Waals surface area contributed by atoms with E-state index in [9.17, 15) is 4.79 Å². The molecule has 2 unspecified atom stereocenters.